The minimum atomic E-state index is -0.372. The van der Waals surface area contributed by atoms with Crippen LogP contribution in [-0.2, 0) is 9.53 Å². The van der Waals surface area contributed by atoms with E-state index >= 15 is 0 Å². The minimum absolute atomic E-state index is 0.153. The van der Waals surface area contributed by atoms with E-state index in [1.54, 1.807) is 26.4 Å². The Kier molecular flexibility index (Phi) is 7.62. The maximum absolute atomic E-state index is 13.6. The van der Waals surface area contributed by atoms with Crippen LogP contribution in [0.4, 0.5) is 0 Å². The van der Waals surface area contributed by atoms with Crippen molar-refractivity contribution in [1.29, 1.82) is 0 Å². The molecule has 2 heterocycles. The highest BCUT2D eigenvalue weighted by molar-refractivity contribution is 6.04. The molecule has 2 aromatic carbocycles. The molecule has 0 bridgehead atoms. The molecule has 35 heavy (non-hydrogen) atoms. The number of benzene rings is 2. The van der Waals surface area contributed by atoms with Crippen LogP contribution >= 0.6 is 0 Å². The van der Waals surface area contributed by atoms with Crippen molar-refractivity contribution >= 4 is 17.5 Å². The Hall–Kier alpha value is -3.91. The van der Waals surface area contributed by atoms with Gasteiger partial charge in [-0.15, -0.1) is 0 Å². The third-order valence-electron chi connectivity index (χ3n) is 5.94. The first kappa shape index (κ1) is 24.2. The smallest absolute Gasteiger partial charge is 0.290 e. The van der Waals surface area contributed by atoms with Crippen LogP contribution in [0.3, 0.4) is 0 Å². The van der Waals surface area contributed by atoms with Gasteiger partial charge in [0.1, 0.15) is 12.3 Å². The molecule has 0 N–H and O–H groups in total. The lowest BCUT2D eigenvalue weighted by Gasteiger charge is -2.26. The first-order chi connectivity index (χ1) is 17.0. The van der Waals surface area contributed by atoms with E-state index in [1.807, 2.05) is 55.5 Å². The number of aryl methyl sites for hydroxylation is 1. The maximum atomic E-state index is 13.6. The van der Waals surface area contributed by atoms with Crippen LogP contribution in [0.1, 0.15) is 39.7 Å². The number of ether oxygens (including phenoxy) is 2. The Bertz CT molecular complexity index is 1190. The Morgan fingerprint density at radius 1 is 1.11 bits per heavy atom. The van der Waals surface area contributed by atoms with E-state index in [2.05, 4.69) is 0 Å². The predicted octanol–water partition coefficient (Wildman–Crippen LogP) is 4.06. The average molecular weight is 476 g/mol. The van der Waals surface area contributed by atoms with Gasteiger partial charge in [0.2, 0.25) is 0 Å². The lowest BCUT2D eigenvalue weighted by Crippen LogP contribution is -2.42. The molecule has 0 saturated heterocycles. The van der Waals surface area contributed by atoms with Crippen molar-refractivity contribution in [3.8, 4) is 5.75 Å². The van der Waals surface area contributed by atoms with Gasteiger partial charge in [-0.2, -0.15) is 5.10 Å². The standard InChI is InChI=1S/C27H29N3O5/c1-19-9-11-20(12-10-19)24-17-23(21-6-4-7-22(16-21)34-3)28-30(24)26(31)18-29(13-15-33-2)27(32)25-8-5-14-35-25/h4-12,14,16,24H,13,15,17-18H2,1-3H3. The second-order valence-electron chi connectivity index (χ2n) is 8.34. The fourth-order valence-corrected chi connectivity index (χ4v) is 4.01. The molecule has 0 aliphatic carbocycles. The average Bonchev–Trinajstić information content (AvgIpc) is 3.57. The molecular formula is C27H29N3O5. The number of amides is 2. The topological polar surface area (TPSA) is 84.6 Å². The lowest BCUT2D eigenvalue weighted by molar-refractivity contribution is -0.133. The van der Waals surface area contributed by atoms with Crippen molar-refractivity contribution in [2.24, 2.45) is 5.10 Å². The van der Waals surface area contributed by atoms with Crippen molar-refractivity contribution < 1.29 is 23.5 Å². The molecule has 8 nitrogen and oxygen atoms in total. The summed E-state index contributed by atoms with van der Waals surface area (Å²) in [4.78, 5) is 28.0. The van der Waals surface area contributed by atoms with Gasteiger partial charge in [0, 0.05) is 25.6 Å². The molecule has 1 aliphatic rings. The van der Waals surface area contributed by atoms with Gasteiger partial charge in [0.05, 0.1) is 31.7 Å². The van der Waals surface area contributed by atoms with Crippen molar-refractivity contribution in [1.82, 2.24) is 9.91 Å². The molecule has 1 aromatic heterocycles. The lowest BCUT2D eigenvalue weighted by atomic mass is 9.97. The van der Waals surface area contributed by atoms with Crippen LogP contribution in [0.2, 0.25) is 0 Å². The molecule has 0 radical (unpaired) electrons. The van der Waals surface area contributed by atoms with Crippen molar-refractivity contribution in [2.75, 3.05) is 33.9 Å². The molecule has 0 fully saturated rings. The first-order valence-corrected chi connectivity index (χ1v) is 11.4. The number of furan rings is 1. The monoisotopic (exact) mass is 475 g/mol. The van der Waals surface area contributed by atoms with Gasteiger partial charge in [-0.3, -0.25) is 9.59 Å². The van der Waals surface area contributed by atoms with Crippen LogP contribution in [0.5, 0.6) is 5.75 Å². The second kappa shape index (κ2) is 11.0. The first-order valence-electron chi connectivity index (χ1n) is 11.4. The van der Waals surface area contributed by atoms with Crippen LogP contribution in [0.25, 0.3) is 0 Å². The van der Waals surface area contributed by atoms with E-state index in [0.29, 0.717) is 13.0 Å². The van der Waals surface area contributed by atoms with E-state index in [0.717, 1.165) is 28.2 Å². The van der Waals surface area contributed by atoms with Crippen molar-refractivity contribution in [3.63, 3.8) is 0 Å². The third-order valence-corrected chi connectivity index (χ3v) is 5.94. The zero-order valence-electron chi connectivity index (χ0n) is 20.1. The number of methoxy groups -OCH3 is 2. The fraction of sp³-hybridized carbons (Fsp3) is 0.296. The summed E-state index contributed by atoms with van der Waals surface area (Å²) in [5.41, 5.74) is 3.78. The number of hydrazone groups is 1. The SMILES string of the molecule is COCCN(CC(=O)N1N=C(c2cccc(OC)c2)CC1c1ccc(C)cc1)C(=O)c1ccco1. The quantitative estimate of drug-likeness (QED) is 0.466. The molecular weight excluding hydrogens is 446 g/mol. The fourth-order valence-electron chi connectivity index (χ4n) is 4.01. The number of hydrogen-bond acceptors (Lipinski definition) is 6. The Balaban J connectivity index is 1.63. The molecule has 8 heteroatoms. The summed E-state index contributed by atoms with van der Waals surface area (Å²) in [6.07, 6.45) is 1.98. The highest BCUT2D eigenvalue weighted by Gasteiger charge is 2.34. The molecule has 1 aliphatic heterocycles. The van der Waals surface area contributed by atoms with Gasteiger partial charge in [-0.05, 0) is 36.8 Å². The maximum Gasteiger partial charge on any atom is 0.290 e. The second-order valence-corrected chi connectivity index (χ2v) is 8.34. The van der Waals surface area contributed by atoms with Gasteiger partial charge in [-0.25, -0.2) is 5.01 Å². The summed E-state index contributed by atoms with van der Waals surface area (Å²) in [6, 6.07) is 18.6. The summed E-state index contributed by atoms with van der Waals surface area (Å²) in [5, 5.41) is 6.22. The van der Waals surface area contributed by atoms with Gasteiger partial charge in [-0.1, -0.05) is 42.0 Å². The van der Waals surface area contributed by atoms with Gasteiger partial charge in [0.25, 0.3) is 11.8 Å². The van der Waals surface area contributed by atoms with Crippen LogP contribution < -0.4 is 4.74 Å². The summed E-state index contributed by atoms with van der Waals surface area (Å²) in [6.45, 7) is 2.41. The summed E-state index contributed by atoms with van der Waals surface area (Å²) < 4.78 is 15.8. The Morgan fingerprint density at radius 2 is 1.91 bits per heavy atom. The largest absolute Gasteiger partial charge is 0.497 e. The number of carbonyl (C=O) groups is 2. The number of carbonyl (C=O) groups excluding carboxylic acids is 2. The van der Waals surface area contributed by atoms with E-state index < -0.39 is 0 Å². The molecule has 4 rings (SSSR count). The van der Waals surface area contributed by atoms with Crippen LogP contribution in [-0.4, -0.2) is 61.4 Å². The molecule has 182 valence electrons. The van der Waals surface area contributed by atoms with E-state index in [-0.39, 0.29) is 36.7 Å². The summed E-state index contributed by atoms with van der Waals surface area (Å²) in [5.74, 6) is 0.232. The van der Waals surface area contributed by atoms with Crippen molar-refractivity contribution in [3.05, 3.63) is 89.4 Å². The van der Waals surface area contributed by atoms with Crippen LogP contribution in [0, 0.1) is 6.92 Å². The normalized spacial score (nSPS) is 15.1. The molecule has 2 amide bonds. The number of rotatable bonds is 9. The van der Waals surface area contributed by atoms with E-state index in [4.69, 9.17) is 19.0 Å². The Labute approximate surface area is 204 Å². The number of nitrogens with zero attached hydrogens (tertiary/aromatic N) is 3. The molecule has 0 saturated carbocycles. The van der Waals surface area contributed by atoms with Gasteiger partial charge < -0.3 is 18.8 Å². The summed E-state index contributed by atoms with van der Waals surface area (Å²) in [7, 11) is 3.17. The zero-order chi connectivity index (χ0) is 24.8. The highest BCUT2D eigenvalue weighted by Crippen LogP contribution is 2.33. The van der Waals surface area contributed by atoms with E-state index in [1.165, 1.54) is 16.2 Å². The Morgan fingerprint density at radius 3 is 2.60 bits per heavy atom. The minimum Gasteiger partial charge on any atom is -0.497 e. The molecule has 1 unspecified atom stereocenters. The zero-order valence-corrected chi connectivity index (χ0v) is 20.1. The van der Waals surface area contributed by atoms with Gasteiger partial charge >= 0.3 is 0 Å². The van der Waals surface area contributed by atoms with Crippen molar-refractivity contribution in [2.45, 2.75) is 19.4 Å². The molecule has 0 spiro atoms. The third kappa shape index (κ3) is 5.60. The van der Waals surface area contributed by atoms with Gasteiger partial charge in [0.15, 0.2) is 5.76 Å². The summed E-state index contributed by atoms with van der Waals surface area (Å²) >= 11 is 0. The number of hydrogen-bond donors (Lipinski definition) is 0. The molecule has 1 atom stereocenters. The van der Waals surface area contributed by atoms with Crippen LogP contribution in [0.15, 0.2) is 76.4 Å². The molecule has 3 aromatic rings. The predicted molar refractivity (Wildman–Crippen MR) is 131 cm³/mol. The highest BCUT2D eigenvalue weighted by atomic mass is 16.5. The van der Waals surface area contributed by atoms with E-state index in [9.17, 15) is 9.59 Å².